The average Bonchev–Trinajstić information content (AvgIpc) is 1.98. The van der Waals surface area contributed by atoms with Gasteiger partial charge >= 0.3 is 5.97 Å². The van der Waals surface area contributed by atoms with Crippen molar-refractivity contribution in [2.45, 2.75) is 25.5 Å². The van der Waals surface area contributed by atoms with Crippen molar-refractivity contribution in [2.24, 2.45) is 5.92 Å². The van der Waals surface area contributed by atoms with Crippen LogP contribution in [0.4, 0.5) is 0 Å². The summed E-state index contributed by atoms with van der Waals surface area (Å²) >= 11 is 0. The minimum atomic E-state index is -3.54. The smallest absolute Gasteiger partial charge is 0.322 e. The number of carbonyl (C=O) groups is 1. The average molecular weight is 251 g/mol. The summed E-state index contributed by atoms with van der Waals surface area (Å²) in [5, 5.41) is 7.62. The molecule has 0 aromatic carbocycles. The predicted octanol–water partition coefficient (Wildman–Crippen LogP) is 0.462. The van der Waals surface area contributed by atoms with E-state index < -0.39 is 27.0 Å². The molecule has 0 aliphatic rings. The summed E-state index contributed by atoms with van der Waals surface area (Å²) in [4.78, 5) is 12.8. The highest BCUT2D eigenvalue weighted by Crippen LogP contribution is 2.14. The first-order valence-electron chi connectivity index (χ1n) is 5.27. The Morgan fingerprint density at radius 1 is 1.31 bits per heavy atom. The standard InChI is InChI=1S/C10H21NO4S/c1-8(2)9(10(12)13)16(14,15)7-5-6-11(3)4/h8-9H,5-7H2,1-4H3,(H,12,13). The van der Waals surface area contributed by atoms with Gasteiger partial charge in [-0.2, -0.15) is 0 Å². The van der Waals surface area contributed by atoms with E-state index in [1.54, 1.807) is 13.8 Å². The Morgan fingerprint density at radius 3 is 2.12 bits per heavy atom. The fraction of sp³-hybridized carbons (Fsp3) is 0.900. The van der Waals surface area contributed by atoms with Gasteiger partial charge in [-0.3, -0.25) is 4.79 Å². The molecule has 0 aromatic heterocycles. The van der Waals surface area contributed by atoms with Crippen LogP contribution < -0.4 is 0 Å². The number of nitrogens with zero attached hydrogens (tertiary/aromatic N) is 1. The van der Waals surface area contributed by atoms with Gasteiger partial charge in [0.1, 0.15) is 0 Å². The molecule has 0 spiro atoms. The van der Waals surface area contributed by atoms with Gasteiger partial charge in [-0.25, -0.2) is 8.42 Å². The molecular formula is C10H21NO4S. The minimum Gasteiger partial charge on any atom is -0.480 e. The molecule has 0 aliphatic carbocycles. The molecule has 0 rings (SSSR count). The van der Waals surface area contributed by atoms with Crippen LogP contribution in [0.25, 0.3) is 0 Å². The first-order chi connectivity index (χ1) is 7.18. The lowest BCUT2D eigenvalue weighted by molar-refractivity contribution is -0.137. The van der Waals surface area contributed by atoms with Crippen molar-refractivity contribution in [1.29, 1.82) is 0 Å². The summed E-state index contributed by atoms with van der Waals surface area (Å²) < 4.78 is 23.6. The van der Waals surface area contributed by atoms with E-state index in [0.29, 0.717) is 13.0 Å². The molecule has 5 nitrogen and oxygen atoms in total. The van der Waals surface area contributed by atoms with E-state index in [-0.39, 0.29) is 5.75 Å². The fourth-order valence-corrected chi connectivity index (χ4v) is 3.48. The highest BCUT2D eigenvalue weighted by Gasteiger charge is 2.34. The van der Waals surface area contributed by atoms with Crippen molar-refractivity contribution in [3.05, 3.63) is 0 Å². The van der Waals surface area contributed by atoms with E-state index in [9.17, 15) is 13.2 Å². The Hall–Kier alpha value is -0.620. The number of rotatable bonds is 7. The zero-order valence-electron chi connectivity index (χ0n) is 10.3. The zero-order chi connectivity index (χ0) is 12.9. The summed E-state index contributed by atoms with van der Waals surface area (Å²) in [6.45, 7) is 3.87. The van der Waals surface area contributed by atoms with Gasteiger partial charge in [0.05, 0.1) is 5.75 Å². The van der Waals surface area contributed by atoms with Gasteiger partial charge < -0.3 is 10.0 Å². The quantitative estimate of drug-likeness (QED) is 0.711. The normalized spacial score (nSPS) is 14.4. The first-order valence-corrected chi connectivity index (χ1v) is 6.99. The fourth-order valence-electron chi connectivity index (χ4n) is 1.56. The third kappa shape index (κ3) is 4.94. The molecular weight excluding hydrogens is 230 g/mol. The summed E-state index contributed by atoms with van der Waals surface area (Å²) in [5.74, 6) is -1.72. The second kappa shape index (κ2) is 6.20. The van der Waals surface area contributed by atoms with Crippen LogP contribution in [0.2, 0.25) is 0 Å². The molecule has 1 atom stereocenters. The highest BCUT2D eigenvalue weighted by atomic mass is 32.2. The third-order valence-electron chi connectivity index (χ3n) is 2.27. The second-order valence-electron chi connectivity index (χ2n) is 4.53. The Bertz CT molecular complexity index is 322. The van der Waals surface area contributed by atoms with Crippen LogP contribution in [-0.2, 0) is 14.6 Å². The molecule has 0 radical (unpaired) electrons. The topological polar surface area (TPSA) is 74.7 Å². The largest absolute Gasteiger partial charge is 0.480 e. The van der Waals surface area contributed by atoms with Crippen LogP contribution in [0, 0.1) is 5.92 Å². The molecule has 0 amide bonds. The maximum absolute atomic E-state index is 11.8. The van der Waals surface area contributed by atoms with Gasteiger partial charge in [-0.1, -0.05) is 13.8 Å². The molecule has 0 fully saturated rings. The van der Waals surface area contributed by atoms with Crippen LogP contribution in [0.5, 0.6) is 0 Å². The SMILES string of the molecule is CC(C)C(C(=O)O)S(=O)(=O)CCCN(C)C. The minimum absolute atomic E-state index is 0.0691. The third-order valence-corrected chi connectivity index (χ3v) is 4.65. The van der Waals surface area contributed by atoms with Crippen molar-refractivity contribution in [1.82, 2.24) is 4.90 Å². The predicted molar refractivity (Wildman–Crippen MR) is 63.2 cm³/mol. The van der Waals surface area contributed by atoms with E-state index in [0.717, 1.165) is 0 Å². The van der Waals surface area contributed by atoms with Crippen LogP contribution in [0.1, 0.15) is 20.3 Å². The van der Waals surface area contributed by atoms with Crippen molar-refractivity contribution < 1.29 is 18.3 Å². The Morgan fingerprint density at radius 2 is 1.81 bits per heavy atom. The first kappa shape index (κ1) is 15.4. The van der Waals surface area contributed by atoms with Gasteiger partial charge in [0, 0.05) is 0 Å². The highest BCUT2D eigenvalue weighted by molar-refractivity contribution is 7.92. The maximum Gasteiger partial charge on any atom is 0.322 e. The van der Waals surface area contributed by atoms with Crippen molar-refractivity contribution in [3.8, 4) is 0 Å². The number of sulfone groups is 1. The van der Waals surface area contributed by atoms with Crippen molar-refractivity contribution in [2.75, 3.05) is 26.4 Å². The molecule has 96 valence electrons. The molecule has 0 aromatic rings. The van der Waals surface area contributed by atoms with Gasteiger partial charge in [0.25, 0.3) is 0 Å². The molecule has 0 aliphatic heterocycles. The number of aliphatic carboxylic acids is 1. The number of hydrogen-bond acceptors (Lipinski definition) is 4. The monoisotopic (exact) mass is 251 g/mol. The molecule has 0 saturated heterocycles. The lowest BCUT2D eigenvalue weighted by Gasteiger charge is -2.17. The Balaban J connectivity index is 4.56. The number of carboxylic acid groups (broad SMARTS) is 1. The molecule has 0 bridgehead atoms. The molecule has 1 unspecified atom stereocenters. The zero-order valence-corrected chi connectivity index (χ0v) is 11.1. The van der Waals surface area contributed by atoms with Gasteiger partial charge in [0.2, 0.25) is 0 Å². The lowest BCUT2D eigenvalue weighted by atomic mass is 10.1. The second-order valence-corrected chi connectivity index (χ2v) is 6.77. The maximum atomic E-state index is 11.8. The summed E-state index contributed by atoms with van der Waals surface area (Å²) in [7, 11) is 0.159. The lowest BCUT2D eigenvalue weighted by Crippen LogP contribution is -2.37. The Labute approximate surface area is 97.4 Å². The molecule has 0 saturated carbocycles. The van der Waals surface area contributed by atoms with E-state index in [1.165, 1.54) is 0 Å². The van der Waals surface area contributed by atoms with Crippen molar-refractivity contribution in [3.63, 3.8) is 0 Å². The van der Waals surface area contributed by atoms with Crippen LogP contribution in [-0.4, -0.2) is 56.0 Å². The van der Waals surface area contributed by atoms with Crippen molar-refractivity contribution >= 4 is 15.8 Å². The molecule has 6 heteroatoms. The van der Waals surface area contributed by atoms with Crippen LogP contribution in [0.15, 0.2) is 0 Å². The van der Waals surface area contributed by atoms with Gasteiger partial charge in [-0.15, -0.1) is 0 Å². The number of hydrogen-bond donors (Lipinski definition) is 1. The Kier molecular flexibility index (Phi) is 5.96. The summed E-state index contributed by atoms with van der Waals surface area (Å²) in [5.41, 5.74) is 0. The van der Waals surface area contributed by atoms with E-state index in [1.807, 2.05) is 19.0 Å². The van der Waals surface area contributed by atoms with E-state index in [4.69, 9.17) is 5.11 Å². The van der Waals surface area contributed by atoms with Gasteiger partial charge in [-0.05, 0) is 33.0 Å². The van der Waals surface area contributed by atoms with E-state index >= 15 is 0 Å². The van der Waals surface area contributed by atoms with Gasteiger partial charge in [0.15, 0.2) is 15.1 Å². The summed E-state index contributed by atoms with van der Waals surface area (Å²) in [6, 6.07) is 0. The molecule has 16 heavy (non-hydrogen) atoms. The molecule has 0 heterocycles. The number of carboxylic acids is 1. The van der Waals surface area contributed by atoms with Crippen LogP contribution >= 0.6 is 0 Å². The molecule has 1 N–H and O–H groups in total. The van der Waals surface area contributed by atoms with Crippen LogP contribution in [0.3, 0.4) is 0 Å². The summed E-state index contributed by atoms with van der Waals surface area (Å²) in [6.07, 6.45) is 0.464. The van der Waals surface area contributed by atoms with E-state index in [2.05, 4.69) is 0 Å².